The van der Waals surface area contributed by atoms with Crippen molar-refractivity contribution in [3.8, 4) is 0 Å². The van der Waals surface area contributed by atoms with Crippen molar-refractivity contribution in [1.82, 2.24) is 20.3 Å². The van der Waals surface area contributed by atoms with Crippen LogP contribution in [0.2, 0.25) is 0 Å². The van der Waals surface area contributed by atoms with Crippen LogP contribution >= 0.6 is 0 Å². The number of nitrogens with one attached hydrogen (secondary N) is 3. The number of nitrogens with zero attached hydrogens (tertiary/aromatic N) is 1. The zero-order chi connectivity index (χ0) is 28.9. The summed E-state index contributed by atoms with van der Waals surface area (Å²) in [6.07, 6.45) is -9.71. The van der Waals surface area contributed by atoms with E-state index in [1.807, 2.05) is 5.48 Å². The van der Waals surface area contributed by atoms with Crippen molar-refractivity contribution in [3.63, 3.8) is 0 Å². The molecule has 8 atom stereocenters. The van der Waals surface area contributed by atoms with Crippen LogP contribution in [0, 0.1) is 0 Å². The zero-order valence-electron chi connectivity index (χ0n) is 21.0. The number of hydroxylamine groups is 1. The number of aliphatic hydroxyl groups excluding tert-OH is 2. The van der Waals surface area contributed by atoms with Crippen molar-refractivity contribution in [1.29, 1.82) is 0 Å². The van der Waals surface area contributed by atoms with E-state index in [-0.39, 0.29) is 0 Å². The number of hydrogen-bond donors (Lipinski definition) is 6. The summed E-state index contributed by atoms with van der Waals surface area (Å²) in [4.78, 5) is 66.8. The van der Waals surface area contributed by atoms with Crippen LogP contribution in [0.25, 0.3) is 0 Å². The molecule has 7 N–H and O–H groups in total. The number of ether oxygens (including phenoxy) is 5. The van der Waals surface area contributed by atoms with Crippen LogP contribution in [0.5, 0.6) is 0 Å². The van der Waals surface area contributed by atoms with Gasteiger partial charge in [0.25, 0.3) is 17.4 Å². The van der Waals surface area contributed by atoms with Crippen molar-refractivity contribution in [2.45, 2.75) is 49.1 Å². The molecule has 216 valence electrons. The van der Waals surface area contributed by atoms with Gasteiger partial charge in [-0.3, -0.25) is 33.6 Å². The van der Waals surface area contributed by atoms with E-state index in [0.717, 1.165) is 22.9 Å². The number of nitrogens with two attached hydrogens (primary N) is 1. The molecule has 1 fully saturated rings. The first-order chi connectivity index (χ1) is 18.5. The van der Waals surface area contributed by atoms with Gasteiger partial charge < -0.3 is 44.9 Å². The van der Waals surface area contributed by atoms with Gasteiger partial charge in [-0.15, -0.1) is 0 Å². The lowest BCUT2D eigenvalue weighted by Crippen LogP contribution is -2.54. The average molecular weight is 559 g/mol. The molecule has 2 aliphatic heterocycles. The fourth-order valence-electron chi connectivity index (χ4n) is 4.01. The largest absolute Gasteiger partial charge is 0.456 e. The van der Waals surface area contributed by atoms with E-state index >= 15 is 0 Å². The minimum absolute atomic E-state index is 0.517. The third-order valence-electron chi connectivity index (χ3n) is 5.80. The molecular formula is C21H29N5O13. The Labute approximate surface area is 219 Å². The molecule has 8 unspecified atom stereocenters. The van der Waals surface area contributed by atoms with Gasteiger partial charge in [-0.2, -0.15) is 0 Å². The number of aliphatic hydroxyl groups is 2. The minimum atomic E-state index is -1.83. The molecule has 18 heteroatoms. The Morgan fingerprint density at radius 3 is 2.46 bits per heavy atom. The maximum absolute atomic E-state index is 12.5. The third kappa shape index (κ3) is 6.68. The van der Waals surface area contributed by atoms with Gasteiger partial charge in [0.05, 0.1) is 13.7 Å². The summed E-state index contributed by atoms with van der Waals surface area (Å²) in [5.41, 5.74) is 6.04. The Morgan fingerprint density at radius 1 is 1.18 bits per heavy atom. The Kier molecular flexibility index (Phi) is 9.92. The first-order valence-corrected chi connectivity index (χ1v) is 11.3. The number of methoxy groups -OCH3 is 2. The number of primary amides is 1. The Bertz CT molecular complexity index is 1200. The van der Waals surface area contributed by atoms with Crippen molar-refractivity contribution >= 4 is 17.7 Å². The van der Waals surface area contributed by atoms with E-state index < -0.39 is 90.4 Å². The maximum Gasteiger partial charge on any atom is 0.330 e. The second kappa shape index (κ2) is 12.9. The molecule has 0 aromatic carbocycles. The Morgan fingerprint density at radius 2 is 1.87 bits per heavy atom. The van der Waals surface area contributed by atoms with Gasteiger partial charge in [0.15, 0.2) is 18.1 Å². The van der Waals surface area contributed by atoms with Crippen molar-refractivity contribution in [3.05, 3.63) is 44.9 Å². The van der Waals surface area contributed by atoms with E-state index in [0.29, 0.717) is 0 Å². The number of aromatic nitrogens is 2. The minimum Gasteiger partial charge on any atom is -0.456 e. The number of H-pyrrole nitrogens is 1. The summed E-state index contributed by atoms with van der Waals surface area (Å²) in [6.45, 7) is -0.517. The quantitative estimate of drug-likeness (QED) is 0.139. The molecule has 3 amide bonds. The average Bonchev–Trinajstić information content (AvgIpc) is 3.25. The maximum atomic E-state index is 12.5. The standard InChI is InChI=1S/C21H29N5O13/c1-34-13-14(38-19(16(13)35-2)26-5-4-10(28)24-21(26)33)15(17(22)31)39-20-12(30)8(27)6-9(37-20)18(32)23-7-11(29)25-36-3/h4-6,8,12-16,19-20,27,30H,7H2,1-3H3,(H2,22,31)(H,23,32)(H,25,29)(H,24,28,33). The Balaban J connectivity index is 1.83. The molecule has 3 rings (SSSR count). The summed E-state index contributed by atoms with van der Waals surface area (Å²) in [5.74, 6) is -3.31. The molecule has 0 radical (unpaired) electrons. The fraction of sp³-hybridized carbons (Fsp3) is 0.571. The highest BCUT2D eigenvalue weighted by atomic mass is 16.7. The lowest BCUT2D eigenvalue weighted by atomic mass is 10.0. The molecule has 1 aromatic rings. The predicted octanol–water partition coefficient (Wildman–Crippen LogP) is -4.91. The number of amides is 3. The van der Waals surface area contributed by atoms with Crippen molar-refractivity contribution < 1.29 is 53.1 Å². The molecule has 0 aliphatic carbocycles. The highest BCUT2D eigenvalue weighted by Gasteiger charge is 2.53. The second-order valence-corrected chi connectivity index (χ2v) is 8.28. The highest BCUT2D eigenvalue weighted by Crippen LogP contribution is 2.35. The van der Waals surface area contributed by atoms with Crippen LogP contribution in [0.4, 0.5) is 0 Å². The van der Waals surface area contributed by atoms with Crippen LogP contribution in [0.15, 0.2) is 33.7 Å². The molecular weight excluding hydrogens is 530 g/mol. The first-order valence-electron chi connectivity index (χ1n) is 11.3. The fourth-order valence-corrected chi connectivity index (χ4v) is 4.01. The number of aromatic amines is 1. The van der Waals surface area contributed by atoms with E-state index in [9.17, 15) is 34.2 Å². The Hall–Kier alpha value is -3.65. The topological polar surface area (TPSA) is 252 Å². The molecule has 2 aliphatic rings. The van der Waals surface area contributed by atoms with Crippen LogP contribution in [-0.4, -0.2) is 108 Å². The van der Waals surface area contributed by atoms with Gasteiger partial charge in [0.1, 0.15) is 30.5 Å². The normalized spacial score (nSPS) is 29.2. The zero-order valence-corrected chi connectivity index (χ0v) is 21.0. The predicted molar refractivity (Wildman–Crippen MR) is 124 cm³/mol. The van der Waals surface area contributed by atoms with E-state index in [2.05, 4.69) is 15.1 Å². The van der Waals surface area contributed by atoms with E-state index in [1.165, 1.54) is 21.3 Å². The third-order valence-corrected chi connectivity index (χ3v) is 5.80. The number of rotatable bonds is 11. The molecule has 1 saturated heterocycles. The molecule has 3 heterocycles. The van der Waals surface area contributed by atoms with Crippen LogP contribution in [0.1, 0.15) is 6.23 Å². The number of hydrogen-bond acceptors (Lipinski definition) is 13. The summed E-state index contributed by atoms with van der Waals surface area (Å²) in [5, 5.41) is 22.9. The molecule has 0 saturated carbocycles. The van der Waals surface area contributed by atoms with Gasteiger partial charge in [0, 0.05) is 26.5 Å². The van der Waals surface area contributed by atoms with Crippen LogP contribution < -0.4 is 27.8 Å². The van der Waals surface area contributed by atoms with Gasteiger partial charge in [-0.25, -0.2) is 10.3 Å². The number of carbonyl (C=O) groups is 3. The first kappa shape index (κ1) is 29.9. The molecule has 0 bridgehead atoms. The van der Waals surface area contributed by atoms with Crippen molar-refractivity contribution in [2.75, 3.05) is 27.9 Å². The summed E-state index contributed by atoms with van der Waals surface area (Å²) in [6, 6.07) is 1.07. The van der Waals surface area contributed by atoms with Crippen LogP contribution in [-0.2, 0) is 42.9 Å². The number of carbonyl (C=O) groups excluding carboxylic acids is 3. The smallest absolute Gasteiger partial charge is 0.330 e. The summed E-state index contributed by atoms with van der Waals surface area (Å²) in [7, 11) is 3.75. The SMILES string of the molecule is CONC(=O)CNC(=O)C1=CC(O)C(O)C(OC(C(N)=O)C2OC(n3ccc(=O)[nH]c3=O)C(OC)C2OC)O1. The van der Waals surface area contributed by atoms with Crippen molar-refractivity contribution in [2.24, 2.45) is 5.73 Å². The van der Waals surface area contributed by atoms with Crippen LogP contribution in [0.3, 0.4) is 0 Å². The lowest BCUT2D eigenvalue weighted by Gasteiger charge is -2.35. The molecule has 0 spiro atoms. The van der Waals surface area contributed by atoms with E-state index in [1.54, 1.807) is 0 Å². The summed E-state index contributed by atoms with van der Waals surface area (Å²) < 4.78 is 28.7. The monoisotopic (exact) mass is 559 g/mol. The van der Waals surface area contributed by atoms with Gasteiger partial charge >= 0.3 is 5.69 Å². The van der Waals surface area contributed by atoms with Gasteiger partial charge in [-0.1, -0.05) is 0 Å². The molecule has 18 nitrogen and oxygen atoms in total. The molecule has 1 aromatic heterocycles. The highest BCUT2D eigenvalue weighted by molar-refractivity contribution is 5.94. The lowest BCUT2D eigenvalue weighted by molar-refractivity contribution is -0.241. The van der Waals surface area contributed by atoms with Gasteiger partial charge in [-0.05, 0) is 6.08 Å². The molecule has 39 heavy (non-hydrogen) atoms. The summed E-state index contributed by atoms with van der Waals surface area (Å²) >= 11 is 0. The van der Waals surface area contributed by atoms with Gasteiger partial charge in [0.2, 0.25) is 12.2 Å². The van der Waals surface area contributed by atoms with E-state index in [4.69, 9.17) is 29.4 Å². The second-order valence-electron chi connectivity index (χ2n) is 8.28.